The van der Waals surface area contributed by atoms with E-state index in [0.29, 0.717) is 6.42 Å². The zero-order chi connectivity index (χ0) is 9.56. The van der Waals surface area contributed by atoms with Gasteiger partial charge in [0.1, 0.15) is 0 Å². The molecule has 0 aromatic heterocycles. The summed E-state index contributed by atoms with van der Waals surface area (Å²) in [6.45, 7) is 1.75. The zero-order valence-electron chi connectivity index (χ0n) is 7.53. The van der Waals surface area contributed by atoms with Gasteiger partial charge in [-0.1, -0.05) is 0 Å². The molecule has 0 aromatic carbocycles. The van der Waals surface area contributed by atoms with E-state index in [1.807, 2.05) is 0 Å². The number of nitrogens with one attached hydrogen (secondary N) is 1. The largest absolute Gasteiger partial charge is 0.465 e. The van der Waals surface area contributed by atoms with E-state index < -0.39 is 6.09 Å². The number of carbonyl (C=O) groups is 1. The number of methoxy groups -OCH3 is 2. The minimum absolute atomic E-state index is 0.174. The molecule has 0 spiro atoms. The first-order valence-corrected chi connectivity index (χ1v) is 3.65. The van der Waals surface area contributed by atoms with Crippen LogP contribution in [0.4, 0.5) is 4.79 Å². The molecule has 2 N–H and O–H groups in total. The van der Waals surface area contributed by atoms with Crippen molar-refractivity contribution in [1.29, 1.82) is 0 Å². The number of ether oxygens (including phenoxy) is 2. The molecule has 5 nitrogen and oxygen atoms in total. The van der Waals surface area contributed by atoms with E-state index in [9.17, 15) is 4.79 Å². The van der Waals surface area contributed by atoms with Crippen molar-refractivity contribution < 1.29 is 19.4 Å². The van der Waals surface area contributed by atoms with Gasteiger partial charge in [-0.05, 0) is 6.92 Å². The van der Waals surface area contributed by atoms with Crippen molar-refractivity contribution >= 4 is 6.09 Å². The molecule has 12 heavy (non-hydrogen) atoms. The summed E-state index contributed by atoms with van der Waals surface area (Å²) in [7, 11) is 3.03. The molecule has 1 atom stereocenters. The topological polar surface area (TPSA) is 67.8 Å². The van der Waals surface area contributed by atoms with Crippen LogP contribution in [0.25, 0.3) is 0 Å². The summed E-state index contributed by atoms with van der Waals surface area (Å²) in [5.74, 6) is 0. The molecule has 72 valence electrons. The molecular weight excluding hydrogens is 162 g/mol. The highest BCUT2D eigenvalue weighted by Gasteiger charge is 2.12. The average Bonchev–Trinajstić information content (AvgIpc) is 1.98. The maximum absolute atomic E-state index is 10.2. The lowest BCUT2D eigenvalue weighted by Gasteiger charge is -2.17. The number of hydrogen-bond acceptors (Lipinski definition) is 3. The maximum Gasteiger partial charge on any atom is 0.404 e. The average molecular weight is 177 g/mol. The van der Waals surface area contributed by atoms with E-state index in [1.54, 1.807) is 6.92 Å². The van der Waals surface area contributed by atoms with Crippen LogP contribution in [0.15, 0.2) is 0 Å². The fraction of sp³-hybridized carbons (Fsp3) is 0.857. The standard InChI is InChI=1S/C7H15NO4/c1-5(8-7(9)10)4-6(11-2)12-3/h5-6,8H,4H2,1-3H3,(H,9,10). The highest BCUT2D eigenvalue weighted by Crippen LogP contribution is 2.01. The van der Waals surface area contributed by atoms with Gasteiger partial charge >= 0.3 is 6.09 Å². The second-order valence-electron chi connectivity index (χ2n) is 2.49. The lowest BCUT2D eigenvalue weighted by molar-refractivity contribution is -0.109. The molecule has 0 heterocycles. The second-order valence-corrected chi connectivity index (χ2v) is 2.49. The Morgan fingerprint density at radius 1 is 1.50 bits per heavy atom. The third-order valence-electron chi connectivity index (χ3n) is 1.44. The monoisotopic (exact) mass is 177 g/mol. The van der Waals surface area contributed by atoms with Gasteiger partial charge in [0, 0.05) is 26.7 Å². The van der Waals surface area contributed by atoms with Gasteiger partial charge in [0.25, 0.3) is 0 Å². The van der Waals surface area contributed by atoms with Crippen LogP contribution in [0, 0.1) is 0 Å². The first kappa shape index (κ1) is 11.2. The van der Waals surface area contributed by atoms with Crippen molar-refractivity contribution in [1.82, 2.24) is 5.32 Å². The van der Waals surface area contributed by atoms with Gasteiger partial charge in [0.15, 0.2) is 6.29 Å². The van der Waals surface area contributed by atoms with Crippen molar-refractivity contribution in [2.24, 2.45) is 0 Å². The molecular formula is C7H15NO4. The number of rotatable bonds is 5. The van der Waals surface area contributed by atoms with E-state index >= 15 is 0 Å². The van der Waals surface area contributed by atoms with Crippen LogP contribution in [-0.2, 0) is 9.47 Å². The Bertz CT molecular complexity index is 135. The van der Waals surface area contributed by atoms with Crippen LogP contribution in [0.1, 0.15) is 13.3 Å². The van der Waals surface area contributed by atoms with E-state index in [1.165, 1.54) is 14.2 Å². The van der Waals surface area contributed by atoms with Gasteiger partial charge in [-0.15, -0.1) is 0 Å². The molecule has 0 rings (SSSR count). The van der Waals surface area contributed by atoms with Crippen LogP contribution in [0.5, 0.6) is 0 Å². The molecule has 0 radical (unpaired) electrons. The van der Waals surface area contributed by atoms with E-state index in [0.717, 1.165) is 0 Å². The first-order valence-electron chi connectivity index (χ1n) is 3.65. The molecule has 0 saturated carbocycles. The van der Waals surface area contributed by atoms with Gasteiger partial charge in [0.05, 0.1) is 0 Å². The van der Waals surface area contributed by atoms with Gasteiger partial charge < -0.3 is 19.9 Å². The molecule has 0 aliphatic rings. The molecule has 1 amide bonds. The predicted octanol–water partition coefficient (Wildman–Crippen LogP) is 0.652. The summed E-state index contributed by atoms with van der Waals surface area (Å²) < 4.78 is 9.79. The minimum atomic E-state index is -1.03. The van der Waals surface area contributed by atoms with E-state index in [4.69, 9.17) is 14.6 Å². The molecule has 0 aliphatic heterocycles. The van der Waals surface area contributed by atoms with Crippen molar-refractivity contribution in [3.8, 4) is 0 Å². The van der Waals surface area contributed by atoms with Crippen molar-refractivity contribution in [2.45, 2.75) is 25.7 Å². The number of carboxylic acid groups (broad SMARTS) is 1. The Balaban J connectivity index is 3.65. The third-order valence-corrected chi connectivity index (χ3v) is 1.44. The van der Waals surface area contributed by atoms with E-state index in [2.05, 4.69) is 5.32 Å². The molecule has 0 saturated heterocycles. The molecule has 0 bridgehead atoms. The van der Waals surface area contributed by atoms with Gasteiger partial charge in [-0.3, -0.25) is 0 Å². The molecule has 0 aromatic rings. The maximum atomic E-state index is 10.2. The summed E-state index contributed by atoms with van der Waals surface area (Å²) in [6, 6.07) is -0.174. The first-order chi connectivity index (χ1) is 5.60. The van der Waals surface area contributed by atoms with Gasteiger partial charge in [0.2, 0.25) is 0 Å². The Labute approximate surface area is 71.7 Å². The fourth-order valence-electron chi connectivity index (χ4n) is 0.847. The summed E-state index contributed by atoms with van der Waals surface area (Å²) in [6.07, 6.45) is -0.889. The van der Waals surface area contributed by atoms with Crippen LogP contribution in [0.3, 0.4) is 0 Å². The molecule has 0 fully saturated rings. The number of hydrogen-bond donors (Lipinski definition) is 2. The third kappa shape index (κ3) is 4.92. The highest BCUT2D eigenvalue weighted by molar-refractivity contribution is 5.64. The summed E-state index contributed by atoms with van der Waals surface area (Å²) in [4.78, 5) is 10.2. The predicted molar refractivity (Wildman–Crippen MR) is 43.0 cm³/mol. The van der Waals surface area contributed by atoms with E-state index in [-0.39, 0.29) is 12.3 Å². The van der Waals surface area contributed by atoms with Crippen molar-refractivity contribution in [2.75, 3.05) is 14.2 Å². The minimum Gasteiger partial charge on any atom is -0.465 e. The smallest absolute Gasteiger partial charge is 0.404 e. The van der Waals surface area contributed by atoms with Crippen molar-refractivity contribution in [3.05, 3.63) is 0 Å². The van der Waals surface area contributed by atoms with Crippen molar-refractivity contribution in [3.63, 3.8) is 0 Å². The fourth-order valence-corrected chi connectivity index (χ4v) is 0.847. The highest BCUT2D eigenvalue weighted by atomic mass is 16.7. The summed E-state index contributed by atoms with van der Waals surface area (Å²) in [5, 5.41) is 10.6. The Kier molecular flexibility index (Phi) is 5.40. The Hall–Kier alpha value is -0.810. The summed E-state index contributed by atoms with van der Waals surface area (Å²) >= 11 is 0. The molecule has 1 unspecified atom stereocenters. The Morgan fingerprint density at radius 3 is 2.33 bits per heavy atom. The zero-order valence-corrected chi connectivity index (χ0v) is 7.53. The van der Waals surface area contributed by atoms with Crippen LogP contribution < -0.4 is 5.32 Å². The normalized spacial score (nSPS) is 13.0. The van der Waals surface area contributed by atoms with Crippen LogP contribution in [0.2, 0.25) is 0 Å². The van der Waals surface area contributed by atoms with Crippen LogP contribution in [-0.4, -0.2) is 37.8 Å². The summed E-state index contributed by atoms with van der Waals surface area (Å²) in [5.41, 5.74) is 0. The lowest BCUT2D eigenvalue weighted by atomic mass is 10.2. The lowest BCUT2D eigenvalue weighted by Crippen LogP contribution is -2.34. The SMILES string of the molecule is COC(CC(C)NC(=O)O)OC. The van der Waals surface area contributed by atoms with Crippen LogP contribution >= 0.6 is 0 Å². The van der Waals surface area contributed by atoms with Gasteiger partial charge in [-0.2, -0.15) is 0 Å². The Morgan fingerprint density at radius 2 is 2.00 bits per heavy atom. The quantitative estimate of drug-likeness (QED) is 0.605. The number of amides is 1. The van der Waals surface area contributed by atoms with Gasteiger partial charge in [-0.25, -0.2) is 4.79 Å². The molecule has 5 heteroatoms. The molecule has 0 aliphatic carbocycles. The second kappa shape index (κ2) is 5.79.